The van der Waals surface area contributed by atoms with Gasteiger partial charge in [0.15, 0.2) is 6.10 Å². The van der Waals surface area contributed by atoms with Crippen molar-refractivity contribution in [1.29, 1.82) is 0 Å². The minimum absolute atomic E-state index is 0.0518. The molecule has 5 heteroatoms. The van der Waals surface area contributed by atoms with Gasteiger partial charge in [-0.15, -0.1) is 0 Å². The van der Waals surface area contributed by atoms with Gasteiger partial charge in [-0.3, -0.25) is 9.59 Å². The second-order valence-electron chi connectivity index (χ2n) is 17.7. The van der Waals surface area contributed by atoms with Gasteiger partial charge in [-0.1, -0.05) is 219 Å². The molecular weight excluding hydrogens is 837 g/mol. The van der Waals surface area contributed by atoms with Gasteiger partial charge in [0, 0.05) is 19.4 Å². The van der Waals surface area contributed by atoms with Crippen molar-refractivity contribution in [3.63, 3.8) is 0 Å². The summed E-state index contributed by atoms with van der Waals surface area (Å²) < 4.78 is 17.4. The predicted octanol–water partition coefficient (Wildman–Crippen LogP) is 19.1. The number of hydrogen-bond donors (Lipinski definition) is 0. The fourth-order valence-electron chi connectivity index (χ4n) is 7.15. The van der Waals surface area contributed by atoms with Crippen molar-refractivity contribution in [2.75, 3.05) is 19.8 Å². The molecule has 68 heavy (non-hydrogen) atoms. The average Bonchev–Trinajstić information content (AvgIpc) is 3.34. The summed E-state index contributed by atoms with van der Waals surface area (Å²) in [6, 6.07) is 0. The molecule has 0 aromatic carbocycles. The van der Waals surface area contributed by atoms with Gasteiger partial charge in [-0.25, -0.2) is 0 Å². The van der Waals surface area contributed by atoms with E-state index in [1.165, 1.54) is 44.9 Å². The second kappa shape index (κ2) is 57.4. The summed E-state index contributed by atoms with van der Waals surface area (Å²) in [5, 5.41) is 0. The first-order valence-corrected chi connectivity index (χ1v) is 27.7. The zero-order valence-corrected chi connectivity index (χ0v) is 44.1. The molecule has 0 aromatic rings. The summed E-state index contributed by atoms with van der Waals surface area (Å²) in [4.78, 5) is 25.5. The normalized spacial score (nSPS) is 13.3. The van der Waals surface area contributed by atoms with E-state index >= 15 is 0 Å². The van der Waals surface area contributed by atoms with Gasteiger partial charge in [0.25, 0.3) is 0 Å². The Hall–Kier alpha value is -3.96. The first kappa shape index (κ1) is 64.0. The molecular formula is C63H102O5. The number of carbonyl (C=O) groups is 2. The van der Waals surface area contributed by atoms with E-state index in [1.807, 2.05) is 0 Å². The fraction of sp³-hybridized carbons (Fsp3) is 0.619. The van der Waals surface area contributed by atoms with Crippen molar-refractivity contribution in [3.8, 4) is 0 Å². The van der Waals surface area contributed by atoms with Crippen molar-refractivity contribution in [2.24, 2.45) is 0 Å². The van der Waals surface area contributed by atoms with Crippen molar-refractivity contribution in [3.05, 3.63) is 134 Å². The molecule has 0 spiro atoms. The van der Waals surface area contributed by atoms with Crippen molar-refractivity contribution in [2.45, 2.75) is 232 Å². The molecule has 0 radical (unpaired) electrons. The first-order valence-electron chi connectivity index (χ1n) is 27.7. The van der Waals surface area contributed by atoms with E-state index in [0.717, 1.165) is 148 Å². The van der Waals surface area contributed by atoms with Gasteiger partial charge >= 0.3 is 11.9 Å². The number of carbonyl (C=O) groups excluding carboxylic acids is 2. The highest BCUT2D eigenvalue weighted by Gasteiger charge is 2.17. The molecule has 1 unspecified atom stereocenters. The van der Waals surface area contributed by atoms with Gasteiger partial charge < -0.3 is 14.2 Å². The number of hydrogen-bond acceptors (Lipinski definition) is 5. The van der Waals surface area contributed by atoms with Gasteiger partial charge in [0.2, 0.25) is 0 Å². The summed E-state index contributed by atoms with van der Waals surface area (Å²) in [6.07, 6.45) is 81.8. The van der Waals surface area contributed by atoms with Crippen LogP contribution in [0.3, 0.4) is 0 Å². The molecule has 0 heterocycles. The van der Waals surface area contributed by atoms with Crippen LogP contribution in [0.5, 0.6) is 0 Å². The quantitative estimate of drug-likeness (QED) is 0.0345. The Morgan fingerprint density at radius 2 is 0.618 bits per heavy atom. The molecule has 384 valence electrons. The van der Waals surface area contributed by atoms with E-state index < -0.39 is 6.10 Å². The van der Waals surface area contributed by atoms with Crippen LogP contribution in [0.25, 0.3) is 0 Å². The number of esters is 2. The maximum absolute atomic E-state index is 12.9. The molecule has 0 saturated carbocycles. The van der Waals surface area contributed by atoms with Crippen LogP contribution in [0.1, 0.15) is 226 Å². The zero-order chi connectivity index (χ0) is 49.2. The standard InChI is InChI=1S/C63H102O5/c1-4-7-10-13-16-19-22-25-28-31-32-34-35-38-41-44-47-50-53-56-62(64)67-60-61(59-66-58-55-52-49-46-43-40-37-30-27-24-21-18-15-12-9-6-3)68-63(65)57-54-51-48-45-42-39-36-33-29-26-23-20-17-14-11-8-5-2/h7-12,16-21,25-30,32,34,40,43,61H,4-6,13-15,22-24,31,33,35-39,41-42,44-60H2,1-3H3/b10-7-,11-8-,12-9-,19-16-,20-17-,21-18-,28-25-,29-26-,30-27-,34-32-,43-40-. The zero-order valence-electron chi connectivity index (χ0n) is 44.1. The van der Waals surface area contributed by atoms with Crippen molar-refractivity contribution < 1.29 is 23.8 Å². The van der Waals surface area contributed by atoms with Crippen LogP contribution >= 0.6 is 0 Å². The molecule has 0 saturated heterocycles. The van der Waals surface area contributed by atoms with Gasteiger partial charge in [0.05, 0.1) is 6.61 Å². The summed E-state index contributed by atoms with van der Waals surface area (Å²) in [5.41, 5.74) is 0. The van der Waals surface area contributed by atoms with E-state index in [1.54, 1.807) is 0 Å². The number of ether oxygens (including phenoxy) is 3. The van der Waals surface area contributed by atoms with Crippen LogP contribution in [0, 0.1) is 0 Å². The van der Waals surface area contributed by atoms with E-state index in [-0.39, 0.29) is 25.2 Å². The lowest BCUT2D eigenvalue weighted by atomic mass is 10.1. The molecule has 0 aliphatic carbocycles. The lowest BCUT2D eigenvalue weighted by Crippen LogP contribution is -2.30. The first-order chi connectivity index (χ1) is 33.6. The maximum atomic E-state index is 12.9. The highest BCUT2D eigenvalue weighted by atomic mass is 16.6. The van der Waals surface area contributed by atoms with E-state index in [9.17, 15) is 9.59 Å². The number of rotatable bonds is 49. The van der Waals surface area contributed by atoms with Crippen molar-refractivity contribution >= 4 is 11.9 Å². The highest BCUT2D eigenvalue weighted by Crippen LogP contribution is 2.13. The maximum Gasteiger partial charge on any atom is 0.306 e. The summed E-state index contributed by atoms with van der Waals surface area (Å²) in [6.45, 7) is 7.39. The van der Waals surface area contributed by atoms with Gasteiger partial charge in [-0.2, -0.15) is 0 Å². The molecule has 0 aromatic heterocycles. The third kappa shape index (κ3) is 54.6. The summed E-state index contributed by atoms with van der Waals surface area (Å²) >= 11 is 0. The molecule has 0 fully saturated rings. The van der Waals surface area contributed by atoms with Crippen LogP contribution in [0.15, 0.2) is 134 Å². The molecule has 1 atom stereocenters. The SMILES string of the molecule is CC/C=C\C/C=C\C/C=C\C/C=C\CCCCCCCCC(=O)OCC(COCCCCC/C=C\C/C=C\C/C=C\C/C=C\CC)OC(=O)CCCCCCCCC/C=C\C/C=C\C/C=C\CC. The summed E-state index contributed by atoms with van der Waals surface area (Å²) in [5.74, 6) is -0.450. The molecule has 0 aliphatic heterocycles. The molecule has 5 nitrogen and oxygen atoms in total. The second-order valence-corrected chi connectivity index (χ2v) is 17.7. The fourth-order valence-corrected chi connectivity index (χ4v) is 7.15. The third-order valence-corrected chi connectivity index (χ3v) is 11.2. The average molecular weight is 940 g/mol. The molecule has 0 N–H and O–H groups in total. The number of allylic oxidation sites excluding steroid dienone is 22. The lowest BCUT2D eigenvalue weighted by Gasteiger charge is -2.18. The van der Waals surface area contributed by atoms with Crippen LogP contribution in [-0.2, 0) is 23.8 Å². The molecule has 0 bridgehead atoms. The smallest absolute Gasteiger partial charge is 0.306 e. The summed E-state index contributed by atoms with van der Waals surface area (Å²) in [7, 11) is 0. The Kier molecular flexibility index (Phi) is 54.0. The van der Waals surface area contributed by atoms with E-state index in [4.69, 9.17) is 14.2 Å². The van der Waals surface area contributed by atoms with E-state index in [2.05, 4.69) is 154 Å². The Morgan fingerprint density at radius 1 is 0.324 bits per heavy atom. The van der Waals surface area contributed by atoms with E-state index in [0.29, 0.717) is 19.4 Å². The topological polar surface area (TPSA) is 61.8 Å². The van der Waals surface area contributed by atoms with Crippen LogP contribution in [0.2, 0.25) is 0 Å². The molecule has 0 rings (SSSR count). The largest absolute Gasteiger partial charge is 0.462 e. The Morgan fingerprint density at radius 3 is 0.985 bits per heavy atom. The monoisotopic (exact) mass is 939 g/mol. The Bertz CT molecular complexity index is 1430. The minimum atomic E-state index is -0.575. The van der Waals surface area contributed by atoms with Crippen LogP contribution in [-0.4, -0.2) is 37.9 Å². The molecule has 0 amide bonds. The molecule has 0 aliphatic rings. The number of unbranched alkanes of at least 4 members (excludes halogenated alkanes) is 16. The lowest BCUT2D eigenvalue weighted by molar-refractivity contribution is -0.163. The van der Waals surface area contributed by atoms with Gasteiger partial charge in [-0.05, 0) is 128 Å². The van der Waals surface area contributed by atoms with Crippen LogP contribution in [0.4, 0.5) is 0 Å². The minimum Gasteiger partial charge on any atom is -0.462 e. The highest BCUT2D eigenvalue weighted by molar-refractivity contribution is 5.70. The van der Waals surface area contributed by atoms with Crippen LogP contribution < -0.4 is 0 Å². The van der Waals surface area contributed by atoms with Gasteiger partial charge in [0.1, 0.15) is 6.61 Å². The predicted molar refractivity (Wildman–Crippen MR) is 297 cm³/mol. The third-order valence-electron chi connectivity index (χ3n) is 11.2. The Labute approximate surface area is 419 Å². The Balaban J connectivity index is 4.40. The van der Waals surface area contributed by atoms with Crippen molar-refractivity contribution in [1.82, 2.24) is 0 Å².